The first-order valence-corrected chi connectivity index (χ1v) is 12.3. The summed E-state index contributed by atoms with van der Waals surface area (Å²) in [5.41, 5.74) is 1.23. The number of carbonyl (C=O) groups excluding carboxylic acids is 1. The number of carbonyl (C=O) groups is 1. The molecule has 9 nitrogen and oxygen atoms in total. The maximum absolute atomic E-state index is 13.2. The standard InChI is InChI=1S/C23H30N4O5S/c1-7-11-26-15(3)12-18(16(26)4)21(28)14-27-20-13-17(33(31,32)24(5)6)9-10-19(20)25(8-2)22(29)23(27)30/h9-10,12-13H,7-8,11,14H2,1-6H3. The Kier molecular flexibility index (Phi) is 6.80. The Bertz CT molecular complexity index is 1460. The molecule has 0 atom stereocenters. The Morgan fingerprint density at radius 1 is 0.939 bits per heavy atom. The van der Waals surface area contributed by atoms with Gasteiger partial charge in [0.2, 0.25) is 10.0 Å². The van der Waals surface area contributed by atoms with Crippen LogP contribution in [0.25, 0.3) is 11.0 Å². The average molecular weight is 475 g/mol. The fourth-order valence-electron chi connectivity index (χ4n) is 4.12. The van der Waals surface area contributed by atoms with E-state index in [1.54, 1.807) is 13.0 Å². The van der Waals surface area contributed by atoms with Gasteiger partial charge in [0.1, 0.15) is 0 Å². The number of nitrogens with zero attached hydrogens (tertiary/aromatic N) is 4. The molecular formula is C23H30N4O5S. The fraction of sp³-hybridized carbons (Fsp3) is 0.435. The van der Waals surface area contributed by atoms with Crippen LogP contribution in [0.2, 0.25) is 0 Å². The smallest absolute Gasteiger partial charge is 0.317 e. The van der Waals surface area contributed by atoms with Crippen molar-refractivity contribution >= 4 is 26.8 Å². The number of hydrogen-bond acceptors (Lipinski definition) is 5. The van der Waals surface area contributed by atoms with Crippen LogP contribution < -0.4 is 11.1 Å². The normalized spacial score (nSPS) is 12.1. The molecule has 33 heavy (non-hydrogen) atoms. The highest BCUT2D eigenvalue weighted by molar-refractivity contribution is 7.89. The lowest BCUT2D eigenvalue weighted by molar-refractivity contribution is 0.0971. The second-order valence-corrected chi connectivity index (χ2v) is 10.4. The van der Waals surface area contributed by atoms with Gasteiger partial charge in [-0.2, -0.15) is 0 Å². The minimum absolute atomic E-state index is 0.0250. The van der Waals surface area contributed by atoms with E-state index in [0.717, 1.165) is 33.2 Å². The summed E-state index contributed by atoms with van der Waals surface area (Å²) < 4.78 is 30.9. The zero-order chi connectivity index (χ0) is 24.7. The van der Waals surface area contributed by atoms with Crippen LogP contribution >= 0.6 is 0 Å². The van der Waals surface area contributed by atoms with Crippen molar-refractivity contribution in [2.24, 2.45) is 0 Å². The van der Waals surface area contributed by atoms with Gasteiger partial charge in [-0.1, -0.05) is 6.92 Å². The molecule has 0 aliphatic heterocycles. The van der Waals surface area contributed by atoms with Crippen LogP contribution in [0.5, 0.6) is 0 Å². The summed E-state index contributed by atoms with van der Waals surface area (Å²) in [6.07, 6.45) is 0.909. The SMILES string of the molecule is CCCn1c(C)cc(C(=O)Cn2c(=O)c(=O)n(CC)c3ccc(S(=O)(=O)N(C)C)cc32)c1C. The molecule has 178 valence electrons. The van der Waals surface area contributed by atoms with Gasteiger partial charge in [0, 0.05) is 44.1 Å². The van der Waals surface area contributed by atoms with E-state index in [0.29, 0.717) is 11.1 Å². The molecule has 0 fully saturated rings. The Balaban J connectivity index is 2.25. The number of hydrogen-bond donors (Lipinski definition) is 0. The van der Waals surface area contributed by atoms with Crippen molar-refractivity contribution in [2.75, 3.05) is 14.1 Å². The van der Waals surface area contributed by atoms with E-state index in [1.807, 2.05) is 25.3 Å². The van der Waals surface area contributed by atoms with E-state index in [9.17, 15) is 22.8 Å². The van der Waals surface area contributed by atoms with E-state index in [-0.39, 0.29) is 29.3 Å². The Labute approximate surface area is 192 Å². The molecule has 0 saturated carbocycles. The highest BCUT2D eigenvalue weighted by Crippen LogP contribution is 2.21. The molecule has 0 unspecified atom stereocenters. The van der Waals surface area contributed by atoms with Crippen molar-refractivity contribution in [3.8, 4) is 0 Å². The minimum atomic E-state index is -3.78. The summed E-state index contributed by atoms with van der Waals surface area (Å²) in [6, 6.07) is 6.05. The third-order valence-electron chi connectivity index (χ3n) is 5.92. The predicted octanol–water partition coefficient (Wildman–Crippen LogP) is 2.14. The number of aromatic nitrogens is 3. The second-order valence-electron chi connectivity index (χ2n) is 8.24. The van der Waals surface area contributed by atoms with Gasteiger partial charge in [-0.3, -0.25) is 19.0 Å². The highest BCUT2D eigenvalue weighted by Gasteiger charge is 2.22. The summed E-state index contributed by atoms with van der Waals surface area (Å²) in [6.45, 7) is 8.19. The van der Waals surface area contributed by atoms with Gasteiger partial charge in [0.05, 0.1) is 22.5 Å². The topological polar surface area (TPSA) is 103 Å². The summed E-state index contributed by atoms with van der Waals surface area (Å²) in [5.74, 6) is -0.316. The van der Waals surface area contributed by atoms with Gasteiger partial charge >= 0.3 is 11.1 Å². The third kappa shape index (κ3) is 4.20. The van der Waals surface area contributed by atoms with Crippen LogP contribution in [0, 0.1) is 13.8 Å². The zero-order valence-electron chi connectivity index (χ0n) is 19.9. The molecule has 0 aliphatic rings. The maximum atomic E-state index is 13.2. The van der Waals surface area contributed by atoms with Crippen molar-refractivity contribution in [3.63, 3.8) is 0 Å². The van der Waals surface area contributed by atoms with Gasteiger partial charge in [-0.15, -0.1) is 0 Å². The molecular weight excluding hydrogens is 444 g/mol. The number of sulfonamides is 1. The lowest BCUT2D eigenvalue weighted by Crippen LogP contribution is -2.42. The molecule has 0 aliphatic carbocycles. The molecule has 0 radical (unpaired) electrons. The van der Waals surface area contributed by atoms with Gasteiger partial charge in [-0.05, 0) is 51.5 Å². The van der Waals surface area contributed by atoms with E-state index < -0.39 is 21.1 Å². The molecule has 1 aromatic carbocycles. The zero-order valence-corrected chi connectivity index (χ0v) is 20.7. The van der Waals surface area contributed by atoms with Crippen molar-refractivity contribution < 1.29 is 13.2 Å². The molecule has 3 rings (SSSR count). The van der Waals surface area contributed by atoms with Crippen molar-refractivity contribution in [2.45, 2.75) is 58.6 Å². The number of ketones is 1. The first kappa shape index (κ1) is 24.7. The summed E-state index contributed by atoms with van der Waals surface area (Å²) in [7, 11) is -0.958. The Hall–Kier alpha value is -2.98. The molecule has 0 saturated heterocycles. The molecule has 2 aromatic heterocycles. The molecule has 0 spiro atoms. The summed E-state index contributed by atoms with van der Waals surface area (Å²) >= 11 is 0. The number of Topliss-reactive ketones (excluding diaryl/α,β-unsaturated/α-hetero) is 1. The summed E-state index contributed by atoms with van der Waals surface area (Å²) in [4.78, 5) is 39.0. The van der Waals surface area contributed by atoms with Gasteiger partial charge in [0.25, 0.3) is 0 Å². The van der Waals surface area contributed by atoms with Crippen molar-refractivity contribution in [1.29, 1.82) is 0 Å². The fourth-order valence-corrected chi connectivity index (χ4v) is 5.04. The third-order valence-corrected chi connectivity index (χ3v) is 7.73. The van der Waals surface area contributed by atoms with Gasteiger partial charge < -0.3 is 9.13 Å². The highest BCUT2D eigenvalue weighted by atomic mass is 32.2. The molecule has 2 heterocycles. The lowest BCUT2D eigenvalue weighted by Gasteiger charge is -2.16. The molecule has 0 N–H and O–H groups in total. The van der Waals surface area contributed by atoms with Gasteiger partial charge in [-0.25, -0.2) is 12.7 Å². The Morgan fingerprint density at radius 2 is 1.58 bits per heavy atom. The van der Waals surface area contributed by atoms with Crippen molar-refractivity contribution in [1.82, 2.24) is 18.0 Å². The van der Waals surface area contributed by atoms with E-state index in [2.05, 4.69) is 0 Å². The molecule has 3 aromatic rings. The quantitative estimate of drug-likeness (QED) is 0.368. The second kappa shape index (κ2) is 9.11. The van der Waals surface area contributed by atoms with Crippen LogP contribution in [-0.4, -0.2) is 46.3 Å². The first-order valence-electron chi connectivity index (χ1n) is 10.9. The van der Waals surface area contributed by atoms with Crippen LogP contribution in [0.3, 0.4) is 0 Å². The number of rotatable bonds is 8. The number of benzene rings is 1. The van der Waals surface area contributed by atoms with Crippen molar-refractivity contribution in [3.05, 3.63) is 61.9 Å². The van der Waals surface area contributed by atoms with Crippen LogP contribution in [0.15, 0.2) is 38.8 Å². The van der Waals surface area contributed by atoms with Crippen LogP contribution in [0.1, 0.15) is 42.0 Å². The lowest BCUT2D eigenvalue weighted by atomic mass is 10.1. The van der Waals surface area contributed by atoms with E-state index >= 15 is 0 Å². The van der Waals surface area contributed by atoms with E-state index in [1.165, 1.54) is 36.9 Å². The van der Waals surface area contributed by atoms with Crippen LogP contribution in [0.4, 0.5) is 0 Å². The van der Waals surface area contributed by atoms with Crippen LogP contribution in [-0.2, 0) is 29.7 Å². The van der Waals surface area contributed by atoms with E-state index in [4.69, 9.17) is 0 Å². The average Bonchev–Trinajstić information content (AvgIpc) is 3.05. The molecule has 10 heteroatoms. The summed E-state index contributed by atoms with van der Waals surface area (Å²) in [5, 5.41) is 0. The minimum Gasteiger partial charge on any atom is -0.348 e. The first-order chi connectivity index (χ1) is 15.4. The number of fused-ring (bicyclic) bond motifs is 1. The number of aryl methyl sites for hydroxylation is 2. The monoisotopic (exact) mass is 474 g/mol. The largest absolute Gasteiger partial charge is 0.348 e. The maximum Gasteiger partial charge on any atom is 0.317 e. The molecule has 0 bridgehead atoms. The molecule has 0 amide bonds. The Morgan fingerprint density at radius 3 is 2.15 bits per heavy atom. The predicted molar refractivity (Wildman–Crippen MR) is 128 cm³/mol. The van der Waals surface area contributed by atoms with Gasteiger partial charge in [0.15, 0.2) is 5.78 Å².